The van der Waals surface area contributed by atoms with Crippen molar-refractivity contribution in [3.05, 3.63) is 64.3 Å². The summed E-state index contributed by atoms with van der Waals surface area (Å²) >= 11 is 5.99. The fourth-order valence-electron chi connectivity index (χ4n) is 2.41. The zero-order chi connectivity index (χ0) is 18.5. The lowest BCUT2D eigenvalue weighted by Gasteiger charge is -2.08. The van der Waals surface area contributed by atoms with E-state index in [1.54, 1.807) is 26.0 Å². The van der Waals surface area contributed by atoms with Gasteiger partial charge in [0.25, 0.3) is 5.91 Å². The maximum absolute atomic E-state index is 12.3. The van der Waals surface area contributed by atoms with Crippen LogP contribution in [0.25, 0.3) is 0 Å². The van der Waals surface area contributed by atoms with Gasteiger partial charge in [-0.25, -0.2) is 9.97 Å². The quantitative estimate of drug-likeness (QED) is 0.687. The molecule has 0 bridgehead atoms. The highest BCUT2D eigenvalue weighted by atomic mass is 35.5. The summed E-state index contributed by atoms with van der Waals surface area (Å²) in [6, 6.07) is 10.9. The number of nitrogens with zero attached hydrogens (tertiary/aromatic N) is 3. The lowest BCUT2D eigenvalue weighted by atomic mass is 10.1. The number of carbonyl (C=O) groups is 1. The first-order valence-corrected chi connectivity index (χ1v) is 8.46. The van der Waals surface area contributed by atoms with Crippen LogP contribution in [0.15, 0.2) is 40.9 Å². The van der Waals surface area contributed by atoms with E-state index < -0.39 is 0 Å². The first-order chi connectivity index (χ1) is 12.5. The normalized spacial score (nSPS) is 10.6. The van der Waals surface area contributed by atoms with Crippen LogP contribution in [0.4, 0.5) is 11.6 Å². The van der Waals surface area contributed by atoms with Crippen LogP contribution in [0.5, 0.6) is 0 Å². The minimum absolute atomic E-state index is 0.253. The molecule has 0 saturated heterocycles. The Balaban J connectivity index is 1.64. The fraction of sp³-hybridized carbons (Fsp3) is 0.222. The molecule has 0 aliphatic heterocycles. The molecular formula is C18H18ClN5O2. The standard InChI is InChI=1S/C18H18ClN5O2/c1-11-8-17(24-26-11)23-18(25)15-10-16(22-12(2)21-15)20-7-6-13-4-3-5-14(19)9-13/h3-5,8-10H,6-7H2,1-2H3,(H,20,21,22)(H,23,24,25). The van der Waals surface area contributed by atoms with Crippen LogP contribution in [0, 0.1) is 13.8 Å². The van der Waals surface area contributed by atoms with E-state index in [4.69, 9.17) is 16.1 Å². The second-order valence-electron chi connectivity index (χ2n) is 5.77. The lowest BCUT2D eigenvalue weighted by Crippen LogP contribution is -2.16. The number of nitrogens with one attached hydrogen (secondary N) is 2. The van der Waals surface area contributed by atoms with Gasteiger partial charge in [0.05, 0.1) is 0 Å². The molecule has 0 radical (unpaired) electrons. The van der Waals surface area contributed by atoms with Crippen LogP contribution in [0.1, 0.15) is 27.6 Å². The van der Waals surface area contributed by atoms with Gasteiger partial charge in [-0.2, -0.15) is 0 Å². The average molecular weight is 372 g/mol. The van der Waals surface area contributed by atoms with E-state index in [0.717, 1.165) is 12.0 Å². The molecule has 0 unspecified atom stereocenters. The minimum atomic E-state index is -0.373. The first-order valence-electron chi connectivity index (χ1n) is 8.08. The predicted molar refractivity (Wildman–Crippen MR) is 99.6 cm³/mol. The summed E-state index contributed by atoms with van der Waals surface area (Å²) in [5.41, 5.74) is 1.37. The monoisotopic (exact) mass is 371 g/mol. The molecule has 1 aromatic carbocycles. The van der Waals surface area contributed by atoms with Gasteiger partial charge in [0.15, 0.2) is 5.82 Å². The van der Waals surface area contributed by atoms with E-state index in [1.165, 1.54) is 0 Å². The van der Waals surface area contributed by atoms with Gasteiger partial charge in [-0.1, -0.05) is 28.9 Å². The fourth-order valence-corrected chi connectivity index (χ4v) is 2.62. The van der Waals surface area contributed by atoms with Crippen molar-refractivity contribution in [1.29, 1.82) is 0 Å². The van der Waals surface area contributed by atoms with Crippen LogP contribution in [-0.2, 0) is 6.42 Å². The molecule has 0 fully saturated rings. The van der Waals surface area contributed by atoms with Crippen LogP contribution in [0.3, 0.4) is 0 Å². The number of amides is 1. The molecule has 0 aliphatic rings. The van der Waals surface area contributed by atoms with Gasteiger partial charge in [-0.05, 0) is 38.0 Å². The molecule has 2 N–H and O–H groups in total. The zero-order valence-corrected chi connectivity index (χ0v) is 15.2. The Morgan fingerprint density at radius 1 is 1.15 bits per heavy atom. The molecule has 0 spiro atoms. The minimum Gasteiger partial charge on any atom is -0.370 e. The zero-order valence-electron chi connectivity index (χ0n) is 14.4. The van der Waals surface area contributed by atoms with Crippen molar-refractivity contribution in [2.45, 2.75) is 20.3 Å². The number of hydrogen-bond acceptors (Lipinski definition) is 6. The molecule has 8 heteroatoms. The Kier molecular flexibility index (Phi) is 5.48. The van der Waals surface area contributed by atoms with Crippen molar-refractivity contribution in [3.8, 4) is 0 Å². The van der Waals surface area contributed by atoms with Crippen LogP contribution < -0.4 is 10.6 Å². The van der Waals surface area contributed by atoms with Gasteiger partial charge in [0.1, 0.15) is 23.1 Å². The first kappa shape index (κ1) is 17.9. The molecule has 0 atom stereocenters. The largest absolute Gasteiger partial charge is 0.370 e. The third-order valence-corrected chi connectivity index (χ3v) is 3.78. The Hall–Kier alpha value is -2.93. The Labute approximate surface area is 155 Å². The van der Waals surface area contributed by atoms with Crippen molar-refractivity contribution >= 4 is 29.1 Å². The topological polar surface area (TPSA) is 92.9 Å². The molecule has 3 rings (SSSR count). The number of anilines is 2. The van der Waals surface area contributed by atoms with E-state index in [0.29, 0.717) is 34.8 Å². The number of benzene rings is 1. The van der Waals surface area contributed by atoms with E-state index in [-0.39, 0.29) is 11.6 Å². The molecule has 134 valence electrons. The smallest absolute Gasteiger partial charge is 0.275 e. The summed E-state index contributed by atoms with van der Waals surface area (Å²) in [6.45, 7) is 4.14. The third-order valence-electron chi connectivity index (χ3n) is 3.55. The molecule has 2 aromatic heterocycles. The molecule has 3 aromatic rings. The Bertz CT molecular complexity index is 925. The number of halogens is 1. The molecule has 1 amide bonds. The number of hydrogen-bond donors (Lipinski definition) is 2. The van der Waals surface area contributed by atoms with E-state index in [9.17, 15) is 4.79 Å². The average Bonchev–Trinajstić information content (AvgIpc) is 2.99. The van der Waals surface area contributed by atoms with E-state index in [1.807, 2.05) is 24.3 Å². The van der Waals surface area contributed by atoms with Gasteiger partial charge in [0, 0.05) is 23.7 Å². The molecule has 0 aliphatic carbocycles. The van der Waals surface area contributed by atoms with Gasteiger partial charge >= 0.3 is 0 Å². The second kappa shape index (κ2) is 7.97. The van der Waals surface area contributed by atoms with Crippen molar-refractivity contribution in [1.82, 2.24) is 15.1 Å². The summed E-state index contributed by atoms with van der Waals surface area (Å²) in [4.78, 5) is 20.8. The van der Waals surface area contributed by atoms with Gasteiger partial charge in [-0.15, -0.1) is 0 Å². The van der Waals surface area contributed by atoms with Crippen LogP contribution in [0.2, 0.25) is 5.02 Å². The SMILES string of the molecule is Cc1nc(NCCc2cccc(Cl)c2)cc(C(=O)Nc2cc(C)on2)n1. The predicted octanol–water partition coefficient (Wildman–Crippen LogP) is 3.64. The maximum Gasteiger partial charge on any atom is 0.275 e. The van der Waals surface area contributed by atoms with Crippen LogP contribution >= 0.6 is 11.6 Å². The molecule has 0 saturated carbocycles. The second-order valence-corrected chi connectivity index (χ2v) is 6.21. The highest BCUT2D eigenvalue weighted by Gasteiger charge is 2.12. The van der Waals surface area contributed by atoms with Crippen LogP contribution in [-0.4, -0.2) is 27.6 Å². The molecule has 26 heavy (non-hydrogen) atoms. The maximum atomic E-state index is 12.3. The number of carbonyl (C=O) groups excluding carboxylic acids is 1. The van der Waals surface area contributed by atoms with Crippen molar-refractivity contribution in [2.75, 3.05) is 17.2 Å². The summed E-state index contributed by atoms with van der Waals surface area (Å²) in [7, 11) is 0. The van der Waals surface area contributed by atoms with Crippen molar-refractivity contribution in [2.24, 2.45) is 0 Å². The third kappa shape index (κ3) is 4.80. The summed E-state index contributed by atoms with van der Waals surface area (Å²) in [6.07, 6.45) is 0.781. The summed E-state index contributed by atoms with van der Waals surface area (Å²) in [5.74, 6) is 1.67. The summed E-state index contributed by atoms with van der Waals surface area (Å²) < 4.78 is 4.93. The Morgan fingerprint density at radius 3 is 2.73 bits per heavy atom. The Morgan fingerprint density at radius 2 is 2.00 bits per heavy atom. The van der Waals surface area contributed by atoms with E-state index in [2.05, 4.69) is 25.8 Å². The van der Waals surface area contributed by atoms with E-state index >= 15 is 0 Å². The van der Waals surface area contributed by atoms with Gasteiger partial charge in [0.2, 0.25) is 0 Å². The lowest BCUT2D eigenvalue weighted by molar-refractivity contribution is 0.102. The molecular weight excluding hydrogens is 354 g/mol. The number of aromatic nitrogens is 3. The number of aryl methyl sites for hydroxylation is 2. The summed E-state index contributed by atoms with van der Waals surface area (Å²) in [5, 5.41) is 10.3. The molecule has 7 nitrogen and oxygen atoms in total. The molecule has 2 heterocycles. The highest BCUT2D eigenvalue weighted by Crippen LogP contribution is 2.13. The van der Waals surface area contributed by atoms with Gasteiger partial charge in [-0.3, -0.25) is 4.79 Å². The van der Waals surface area contributed by atoms with Gasteiger partial charge < -0.3 is 15.2 Å². The van der Waals surface area contributed by atoms with Crippen molar-refractivity contribution in [3.63, 3.8) is 0 Å². The van der Waals surface area contributed by atoms with Crippen molar-refractivity contribution < 1.29 is 9.32 Å². The number of rotatable bonds is 6. The highest BCUT2D eigenvalue weighted by molar-refractivity contribution is 6.30.